The summed E-state index contributed by atoms with van der Waals surface area (Å²) < 4.78 is 11.9. The number of rotatable bonds is 3. The van der Waals surface area contributed by atoms with Gasteiger partial charge in [0.15, 0.2) is 0 Å². The third-order valence-electron chi connectivity index (χ3n) is 4.07. The van der Waals surface area contributed by atoms with Gasteiger partial charge in [-0.2, -0.15) is 5.10 Å². The molecule has 0 unspecified atom stereocenters. The van der Waals surface area contributed by atoms with Crippen LogP contribution in [0.5, 0.6) is 0 Å². The first-order chi connectivity index (χ1) is 8.28. The van der Waals surface area contributed by atoms with Crippen LogP contribution in [0, 0.1) is 5.92 Å². The highest BCUT2D eigenvalue weighted by molar-refractivity contribution is 6.60. The highest BCUT2D eigenvalue weighted by atomic mass is 16.7. The van der Waals surface area contributed by atoms with Gasteiger partial charge < -0.3 is 20.9 Å². The van der Waals surface area contributed by atoms with Crippen molar-refractivity contribution < 1.29 is 9.31 Å². The van der Waals surface area contributed by atoms with E-state index in [1.54, 1.807) is 6.21 Å². The van der Waals surface area contributed by atoms with E-state index in [-0.39, 0.29) is 11.2 Å². The van der Waals surface area contributed by atoms with Crippen molar-refractivity contribution in [3.63, 3.8) is 0 Å². The maximum atomic E-state index is 6.14. The minimum absolute atomic E-state index is 0.380. The lowest BCUT2D eigenvalue weighted by atomic mass is 9.76. The summed E-state index contributed by atoms with van der Waals surface area (Å²) in [6.07, 6.45) is 3.79. The van der Waals surface area contributed by atoms with Crippen molar-refractivity contribution in [3.8, 4) is 0 Å². The molecule has 0 spiro atoms. The molecule has 18 heavy (non-hydrogen) atoms. The van der Waals surface area contributed by atoms with Gasteiger partial charge in [-0.25, -0.2) is 0 Å². The summed E-state index contributed by atoms with van der Waals surface area (Å²) in [5.41, 5.74) is 6.94. The van der Waals surface area contributed by atoms with Crippen LogP contribution in [0.4, 0.5) is 0 Å². The van der Waals surface area contributed by atoms with Gasteiger partial charge in [0, 0.05) is 17.4 Å². The Morgan fingerprint density at radius 1 is 1.22 bits per heavy atom. The molecule has 0 aromatic carbocycles. The molecule has 2 aliphatic rings. The SMILES string of the molecule is CC1(C)OB(C(C=NN)=C(N)C2CC2)OC1(C)C. The molecule has 0 aromatic rings. The number of nitrogens with two attached hydrogens (primary N) is 2. The molecule has 4 N–H and O–H groups in total. The summed E-state index contributed by atoms with van der Waals surface area (Å²) in [6.45, 7) is 8.05. The molecule has 0 radical (unpaired) electrons. The molecule has 6 heteroatoms. The molecular formula is C12H22BN3O2. The van der Waals surface area contributed by atoms with Gasteiger partial charge in [-0.3, -0.25) is 0 Å². The molecule has 2 rings (SSSR count). The second kappa shape index (κ2) is 4.28. The summed E-state index contributed by atoms with van der Waals surface area (Å²) in [5, 5.41) is 3.58. The van der Waals surface area contributed by atoms with Crippen molar-refractivity contribution in [2.75, 3.05) is 0 Å². The Balaban J connectivity index is 2.27. The molecule has 0 atom stereocenters. The number of hydrogen-bond acceptors (Lipinski definition) is 5. The van der Waals surface area contributed by atoms with Crippen LogP contribution in [-0.2, 0) is 9.31 Å². The monoisotopic (exact) mass is 251 g/mol. The molecule has 0 bridgehead atoms. The fourth-order valence-electron chi connectivity index (χ4n) is 1.95. The summed E-state index contributed by atoms with van der Waals surface area (Å²) in [4.78, 5) is 0. The van der Waals surface area contributed by atoms with Gasteiger partial charge in [0.1, 0.15) is 0 Å². The standard InChI is InChI=1S/C12H22BN3O2/c1-11(2)12(3,4)18-13(17-11)9(7-16-15)10(14)8-5-6-8/h7-8H,5-6,14-15H2,1-4H3. The highest BCUT2D eigenvalue weighted by Gasteiger charge is 2.53. The molecule has 1 saturated carbocycles. The largest absolute Gasteiger partial charge is 0.498 e. The fraction of sp³-hybridized carbons (Fsp3) is 0.750. The number of hydrogen-bond donors (Lipinski definition) is 2. The first-order valence-electron chi connectivity index (χ1n) is 6.37. The summed E-state index contributed by atoms with van der Waals surface area (Å²) in [6, 6.07) is 0. The van der Waals surface area contributed by atoms with Gasteiger partial charge in [0.2, 0.25) is 0 Å². The number of hydrazone groups is 1. The van der Waals surface area contributed by atoms with Crippen LogP contribution < -0.4 is 11.6 Å². The highest BCUT2D eigenvalue weighted by Crippen LogP contribution is 2.41. The van der Waals surface area contributed by atoms with E-state index < -0.39 is 7.12 Å². The summed E-state index contributed by atoms with van der Waals surface area (Å²) in [5.74, 6) is 5.69. The van der Waals surface area contributed by atoms with Crippen LogP contribution in [0.15, 0.2) is 16.3 Å². The van der Waals surface area contributed by atoms with Crippen molar-refractivity contribution >= 4 is 13.3 Å². The van der Waals surface area contributed by atoms with Crippen LogP contribution in [0.1, 0.15) is 40.5 Å². The van der Waals surface area contributed by atoms with Crippen LogP contribution >= 0.6 is 0 Å². The molecule has 0 aromatic heterocycles. The molecule has 100 valence electrons. The molecule has 1 aliphatic heterocycles. The minimum atomic E-state index is -0.483. The van der Waals surface area contributed by atoms with Crippen LogP contribution in [0.2, 0.25) is 0 Å². The first kappa shape index (κ1) is 13.4. The quantitative estimate of drug-likeness (QED) is 0.341. The average Bonchev–Trinajstić information content (AvgIpc) is 3.03. The van der Waals surface area contributed by atoms with Crippen molar-refractivity contribution in [2.45, 2.75) is 51.7 Å². The molecule has 2 fully saturated rings. The van der Waals surface area contributed by atoms with E-state index in [0.717, 1.165) is 24.0 Å². The molecule has 1 aliphatic carbocycles. The van der Waals surface area contributed by atoms with Crippen molar-refractivity contribution in [1.29, 1.82) is 0 Å². The van der Waals surface area contributed by atoms with Gasteiger partial charge in [0.05, 0.1) is 11.2 Å². The Morgan fingerprint density at radius 2 is 1.72 bits per heavy atom. The predicted molar refractivity (Wildman–Crippen MR) is 72.7 cm³/mol. The van der Waals surface area contributed by atoms with E-state index in [1.807, 2.05) is 27.7 Å². The Bertz CT molecular complexity index is 384. The van der Waals surface area contributed by atoms with E-state index in [2.05, 4.69) is 5.10 Å². The lowest BCUT2D eigenvalue weighted by Gasteiger charge is -2.32. The third-order valence-corrected chi connectivity index (χ3v) is 4.07. The zero-order chi connectivity index (χ0) is 13.6. The fourth-order valence-corrected chi connectivity index (χ4v) is 1.95. The van der Waals surface area contributed by atoms with Crippen molar-refractivity contribution in [3.05, 3.63) is 11.2 Å². The minimum Gasteiger partial charge on any atom is -0.402 e. The summed E-state index contributed by atoms with van der Waals surface area (Å²) in [7, 11) is -0.483. The van der Waals surface area contributed by atoms with Gasteiger partial charge in [-0.05, 0) is 46.5 Å². The Hall–Kier alpha value is -1.01. The van der Waals surface area contributed by atoms with Gasteiger partial charge in [0.25, 0.3) is 0 Å². The van der Waals surface area contributed by atoms with E-state index in [1.165, 1.54) is 0 Å². The number of allylic oxidation sites excluding steroid dienone is 2. The third kappa shape index (κ3) is 2.27. The van der Waals surface area contributed by atoms with Crippen LogP contribution in [-0.4, -0.2) is 24.5 Å². The maximum Gasteiger partial charge on any atom is 0.498 e. The zero-order valence-electron chi connectivity index (χ0n) is 11.6. The average molecular weight is 251 g/mol. The molecule has 1 saturated heterocycles. The van der Waals surface area contributed by atoms with Crippen LogP contribution in [0.3, 0.4) is 0 Å². The lowest BCUT2D eigenvalue weighted by molar-refractivity contribution is 0.00578. The van der Waals surface area contributed by atoms with Crippen molar-refractivity contribution in [1.82, 2.24) is 0 Å². The molecule has 1 heterocycles. The molecule has 5 nitrogen and oxygen atoms in total. The second-order valence-electron chi connectivity index (χ2n) is 6.05. The Morgan fingerprint density at radius 3 is 2.11 bits per heavy atom. The van der Waals surface area contributed by atoms with E-state index in [9.17, 15) is 0 Å². The van der Waals surface area contributed by atoms with E-state index in [4.69, 9.17) is 20.9 Å². The first-order valence-corrected chi connectivity index (χ1v) is 6.37. The Kier molecular flexibility index (Phi) is 3.19. The van der Waals surface area contributed by atoms with Gasteiger partial charge in [-0.15, -0.1) is 0 Å². The van der Waals surface area contributed by atoms with E-state index >= 15 is 0 Å². The van der Waals surface area contributed by atoms with Crippen molar-refractivity contribution in [2.24, 2.45) is 22.6 Å². The number of nitrogens with zero attached hydrogens (tertiary/aromatic N) is 1. The van der Waals surface area contributed by atoms with Gasteiger partial charge in [-0.1, -0.05) is 0 Å². The van der Waals surface area contributed by atoms with E-state index in [0.29, 0.717) is 5.92 Å². The molecule has 0 amide bonds. The topological polar surface area (TPSA) is 82.9 Å². The second-order valence-corrected chi connectivity index (χ2v) is 6.05. The Labute approximate surface area is 109 Å². The maximum absolute atomic E-state index is 6.14. The lowest BCUT2D eigenvalue weighted by Crippen LogP contribution is -2.41. The normalized spacial score (nSPS) is 27.7. The zero-order valence-corrected chi connectivity index (χ0v) is 11.6. The summed E-state index contributed by atoms with van der Waals surface area (Å²) >= 11 is 0. The van der Waals surface area contributed by atoms with Crippen LogP contribution in [0.25, 0.3) is 0 Å². The predicted octanol–water partition coefficient (Wildman–Crippen LogP) is 1.19. The van der Waals surface area contributed by atoms with Gasteiger partial charge >= 0.3 is 7.12 Å². The molecular weight excluding hydrogens is 229 g/mol. The smallest absolute Gasteiger partial charge is 0.402 e.